The third kappa shape index (κ3) is 5.05. The lowest BCUT2D eigenvalue weighted by Crippen LogP contribution is -2.47. The molecule has 1 aliphatic heterocycles. The average Bonchev–Trinajstić information content (AvgIpc) is 2.68. The predicted molar refractivity (Wildman–Crippen MR) is 126 cm³/mol. The zero-order valence-corrected chi connectivity index (χ0v) is 19.3. The van der Waals surface area contributed by atoms with E-state index in [2.05, 4.69) is 72.6 Å². The van der Waals surface area contributed by atoms with Crippen molar-refractivity contribution in [3.05, 3.63) is 100 Å². The topological polar surface area (TPSA) is 50.3 Å². The molecular formula is C26H30N2O2S. The Bertz CT molecular complexity index is 1150. The molecule has 1 aromatic heterocycles. The quantitative estimate of drug-likeness (QED) is 0.536. The molecule has 0 spiro atoms. The molecule has 2 aromatic carbocycles. The molecule has 1 saturated heterocycles. The third-order valence-electron chi connectivity index (χ3n) is 6.37. The zero-order chi connectivity index (χ0) is 22.0. The summed E-state index contributed by atoms with van der Waals surface area (Å²) in [7, 11) is -3.08. The van der Waals surface area contributed by atoms with Gasteiger partial charge < -0.3 is 0 Å². The summed E-state index contributed by atoms with van der Waals surface area (Å²) in [6.07, 6.45) is 5.19. The minimum absolute atomic E-state index is 0.292. The molecule has 0 N–H and O–H groups in total. The summed E-state index contributed by atoms with van der Waals surface area (Å²) < 4.78 is 24.8. The lowest BCUT2D eigenvalue weighted by atomic mass is 9.83. The van der Waals surface area contributed by atoms with Gasteiger partial charge in [0.25, 0.3) is 0 Å². The van der Waals surface area contributed by atoms with E-state index in [9.17, 15) is 8.42 Å². The van der Waals surface area contributed by atoms with Crippen LogP contribution >= 0.6 is 0 Å². The molecule has 0 bridgehead atoms. The van der Waals surface area contributed by atoms with Crippen LogP contribution in [0.2, 0.25) is 0 Å². The van der Waals surface area contributed by atoms with Crippen LogP contribution in [0.4, 0.5) is 0 Å². The Morgan fingerprint density at radius 3 is 2.39 bits per heavy atom. The Hall–Kier alpha value is -2.50. The second kappa shape index (κ2) is 8.93. The molecule has 4 rings (SSSR count). The van der Waals surface area contributed by atoms with Gasteiger partial charge in [-0.2, -0.15) is 0 Å². The van der Waals surface area contributed by atoms with Crippen molar-refractivity contribution in [2.45, 2.75) is 38.5 Å². The van der Waals surface area contributed by atoms with Crippen LogP contribution < -0.4 is 0 Å². The lowest BCUT2D eigenvalue weighted by molar-refractivity contribution is 0.266. The molecule has 0 amide bonds. The summed E-state index contributed by atoms with van der Waals surface area (Å²) in [5, 5.41) is 0. The van der Waals surface area contributed by atoms with E-state index in [4.69, 9.17) is 0 Å². The largest absolute Gasteiger partial charge is 0.262 e. The van der Waals surface area contributed by atoms with Gasteiger partial charge in [0.1, 0.15) is 0 Å². The highest BCUT2D eigenvalue weighted by molar-refractivity contribution is 7.88. The summed E-state index contributed by atoms with van der Waals surface area (Å²) in [4.78, 5) is 4.32. The molecule has 0 unspecified atom stereocenters. The number of hydrogen-bond acceptors (Lipinski definition) is 3. The maximum atomic E-state index is 11.7. The first-order valence-corrected chi connectivity index (χ1v) is 12.7. The van der Waals surface area contributed by atoms with Crippen molar-refractivity contribution in [1.29, 1.82) is 0 Å². The number of hydrogen-bond donors (Lipinski definition) is 0. The van der Waals surface area contributed by atoms with Crippen LogP contribution in [-0.2, 0) is 16.4 Å². The molecule has 0 aliphatic carbocycles. The number of sulfonamides is 1. The van der Waals surface area contributed by atoms with Gasteiger partial charge in [0.15, 0.2) is 0 Å². The molecule has 0 radical (unpaired) electrons. The molecular weight excluding hydrogens is 404 g/mol. The number of rotatable bonds is 7. The number of aryl methyl sites for hydroxylation is 3. The SMILES string of the molecule is Cc1cc(CC[C@H](c2ccc(C3CN(S(C)(=O)=O)C3)cc2)c2ccccc2C)ccn1. The van der Waals surface area contributed by atoms with Crippen molar-refractivity contribution in [1.82, 2.24) is 9.29 Å². The molecule has 5 heteroatoms. The van der Waals surface area contributed by atoms with E-state index in [1.807, 2.05) is 13.1 Å². The Balaban J connectivity index is 1.54. The first-order chi connectivity index (χ1) is 14.8. The standard InChI is InChI=1S/C26H30N2O2S/c1-19-6-4-5-7-25(19)26(13-8-21-14-15-27-20(2)16-21)23-11-9-22(10-12-23)24-17-28(18-24)31(3,29)30/h4-7,9-12,14-16,24,26H,8,13,17-18H2,1-3H3/t26-/m1/s1. The van der Waals surface area contributed by atoms with Crippen LogP contribution in [0, 0.1) is 13.8 Å². The van der Waals surface area contributed by atoms with Crippen LogP contribution in [0.1, 0.15) is 51.8 Å². The average molecular weight is 435 g/mol. The van der Waals surface area contributed by atoms with Gasteiger partial charge in [-0.1, -0.05) is 48.5 Å². The summed E-state index contributed by atoms with van der Waals surface area (Å²) in [6, 6.07) is 21.7. The highest BCUT2D eigenvalue weighted by Crippen LogP contribution is 2.34. The van der Waals surface area contributed by atoms with Crippen LogP contribution in [0.3, 0.4) is 0 Å². The molecule has 1 atom stereocenters. The van der Waals surface area contributed by atoms with Crippen molar-refractivity contribution in [2.75, 3.05) is 19.3 Å². The fourth-order valence-electron chi connectivity index (χ4n) is 4.47. The van der Waals surface area contributed by atoms with E-state index in [-0.39, 0.29) is 0 Å². The second-order valence-corrected chi connectivity index (χ2v) is 10.7. The van der Waals surface area contributed by atoms with Gasteiger partial charge in [0.05, 0.1) is 6.26 Å². The van der Waals surface area contributed by atoms with Crippen LogP contribution in [0.25, 0.3) is 0 Å². The highest BCUT2D eigenvalue weighted by atomic mass is 32.2. The van der Waals surface area contributed by atoms with Crippen molar-refractivity contribution in [3.63, 3.8) is 0 Å². The Morgan fingerprint density at radius 2 is 1.74 bits per heavy atom. The van der Waals surface area contributed by atoms with E-state index < -0.39 is 10.0 Å². The monoisotopic (exact) mass is 434 g/mol. The minimum atomic E-state index is -3.08. The van der Waals surface area contributed by atoms with Crippen LogP contribution in [0.5, 0.6) is 0 Å². The van der Waals surface area contributed by atoms with Gasteiger partial charge in [-0.15, -0.1) is 0 Å². The number of benzene rings is 2. The minimum Gasteiger partial charge on any atom is -0.262 e. The van der Waals surface area contributed by atoms with Crippen molar-refractivity contribution in [2.24, 2.45) is 0 Å². The number of nitrogens with zero attached hydrogens (tertiary/aromatic N) is 2. The summed E-state index contributed by atoms with van der Waals surface area (Å²) in [5.41, 5.74) is 7.58. The zero-order valence-electron chi connectivity index (χ0n) is 18.5. The van der Waals surface area contributed by atoms with Crippen molar-refractivity contribution in [3.8, 4) is 0 Å². The molecule has 4 nitrogen and oxygen atoms in total. The van der Waals surface area contributed by atoms with E-state index in [0.717, 1.165) is 18.5 Å². The van der Waals surface area contributed by atoms with Gasteiger partial charge in [-0.05, 0) is 66.6 Å². The van der Waals surface area contributed by atoms with E-state index in [0.29, 0.717) is 24.9 Å². The molecule has 0 saturated carbocycles. The van der Waals surface area contributed by atoms with E-state index >= 15 is 0 Å². The predicted octanol–water partition coefficient (Wildman–Crippen LogP) is 4.82. The smallest absolute Gasteiger partial charge is 0.211 e. The molecule has 2 heterocycles. The van der Waals surface area contributed by atoms with Gasteiger partial charge >= 0.3 is 0 Å². The molecule has 1 aliphatic rings. The summed E-state index contributed by atoms with van der Waals surface area (Å²) in [5.74, 6) is 0.609. The molecule has 31 heavy (non-hydrogen) atoms. The fraction of sp³-hybridized carbons (Fsp3) is 0.346. The summed E-state index contributed by atoms with van der Waals surface area (Å²) >= 11 is 0. The normalized spacial score (nSPS) is 16.1. The maximum Gasteiger partial charge on any atom is 0.211 e. The van der Waals surface area contributed by atoms with Crippen molar-refractivity contribution >= 4 is 10.0 Å². The molecule has 3 aromatic rings. The van der Waals surface area contributed by atoms with Gasteiger partial charge in [-0.3, -0.25) is 4.98 Å². The summed E-state index contributed by atoms with van der Waals surface area (Å²) in [6.45, 7) is 5.38. The first kappa shape index (κ1) is 21.7. The van der Waals surface area contributed by atoms with Crippen LogP contribution in [0.15, 0.2) is 66.9 Å². The highest BCUT2D eigenvalue weighted by Gasteiger charge is 2.34. The Morgan fingerprint density at radius 1 is 1.03 bits per heavy atom. The van der Waals surface area contributed by atoms with Gasteiger partial charge in [-0.25, -0.2) is 12.7 Å². The molecule has 1 fully saturated rings. The molecule has 162 valence electrons. The lowest BCUT2D eigenvalue weighted by Gasteiger charge is -2.37. The number of pyridine rings is 1. The van der Waals surface area contributed by atoms with E-state index in [1.165, 1.54) is 34.1 Å². The fourth-order valence-corrected chi connectivity index (χ4v) is 5.37. The van der Waals surface area contributed by atoms with Gasteiger partial charge in [0, 0.05) is 36.8 Å². The first-order valence-electron chi connectivity index (χ1n) is 10.8. The van der Waals surface area contributed by atoms with Gasteiger partial charge in [0.2, 0.25) is 10.0 Å². The number of aromatic nitrogens is 1. The Kier molecular flexibility index (Phi) is 6.26. The third-order valence-corrected chi connectivity index (χ3v) is 7.61. The Labute approximate surface area is 186 Å². The van der Waals surface area contributed by atoms with E-state index in [1.54, 1.807) is 4.31 Å². The second-order valence-electron chi connectivity index (χ2n) is 8.70. The van der Waals surface area contributed by atoms with Crippen LogP contribution in [-0.4, -0.2) is 37.1 Å². The van der Waals surface area contributed by atoms with Crippen molar-refractivity contribution < 1.29 is 8.42 Å². The maximum absolute atomic E-state index is 11.7.